The number of rotatable bonds is 0. The summed E-state index contributed by atoms with van der Waals surface area (Å²) in [5.41, 5.74) is 0. The van der Waals surface area contributed by atoms with Crippen molar-refractivity contribution < 1.29 is 57.9 Å². The van der Waals surface area contributed by atoms with Gasteiger partial charge in [0.25, 0.3) is 0 Å². The standard InChI is InChI=1S/CH2F.Mn.Na.2O.H/c1-2;;;;;/h1H2;;;;;/q-1;;+1;;;-1. The van der Waals surface area contributed by atoms with E-state index in [2.05, 4.69) is 0 Å². The van der Waals surface area contributed by atoms with Crippen LogP contribution in [0.15, 0.2) is 0 Å². The Morgan fingerprint density at radius 1 is 1.50 bits per heavy atom. The second-order valence-corrected chi connectivity index (χ2v) is 0.260. The van der Waals surface area contributed by atoms with Gasteiger partial charge in [0, 0.05) is 0 Å². The molecular weight excluding hydrogens is 141 g/mol. The summed E-state index contributed by atoms with van der Waals surface area (Å²) < 4.78 is 26.1. The first-order valence-electron chi connectivity index (χ1n) is 0.576. The van der Waals surface area contributed by atoms with Gasteiger partial charge >= 0.3 is 52.0 Å². The van der Waals surface area contributed by atoms with Crippen molar-refractivity contribution in [2.45, 2.75) is 0 Å². The molecule has 0 radical (unpaired) electrons. The summed E-state index contributed by atoms with van der Waals surface area (Å²) in [6, 6.07) is 0. The molecular formula is CH3FMnNaO2-. The van der Waals surface area contributed by atoms with E-state index in [0.29, 0.717) is 0 Å². The summed E-state index contributed by atoms with van der Waals surface area (Å²) in [4.78, 5) is 0. The molecule has 0 unspecified atom stereocenters. The van der Waals surface area contributed by atoms with E-state index >= 15 is 0 Å². The fourth-order valence-corrected chi connectivity index (χ4v) is 0. The minimum absolute atomic E-state index is 0. The van der Waals surface area contributed by atoms with Crippen LogP contribution in [0.3, 0.4) is 0 Å². The summed E-state index contributed by atoms with van der Waals surface area (Å²) in [5, 5.41) is 0. The van der Waals surface area contributed by atoms with Crippen LogP contribution >= 0.6 is 0 Å². The van der Waals surface area contributed by atoms with Crippen LogP contribution in [0.5, 0.6) is 0 Å². The molecule has 0 rings (SSSR count). The fraction of sp³-hybridized carbons (Fsp3) is 0. The van der Waals surface area contributed by atoms with Crippen LogP contribution in [0.1, 0.15) is 1.43 Å². The second kappa shape index (κ2) is 36.7. The van der Waals surface area contributed by atoms with E-state index < -0.39 is 14.8 Å². The van der Waals surface area contributed by atoms with Gasteiger partial charge in [-0.3, -0.25) is 0 Å². The van der Waals surface area contributed by atoms with E-state index in [1.807, 2.05) is 0 Å². The molecule has 0 saturated carbocycles. The van der Waals surface area contributed by atoms with E-state index in [-0.39, 0.29) is 31.0 Å². The van der Waals surface area contributed by atoms with E-state index in [0.717, 1.165) is 0 Å². The van der Waals surface area contributed by atoms with Crippen molar-refractivity contribution >= 4 is 0 Å². The molecule has 0 aromatic carbocycles. The van der Waals surface area contributed by atoms with Crippen LogP contribution in [0, 0.1) is 7.18 Å². The van der Waals surface area contributed by atoms with Gasteiger partial charge in [-0.25, -0.2) is 0 Å². The van der Waals surface area contributed by atoms with E-state index in [1.54, 1.807) is 7.18 Å². The topological polar surface area (TPSA) is 34.1 Å². The number of hydrogen-bond acceptors (Lipinski definition) is 2. The Balaban J connectivity index is -0.0000000105. The molecule has 0 saturated heterocycles. The van der Waals surface area contributed by atoms with Crippen molar-refractivity contribution in [2.75, 3.05) is 0 Å². The van der Waals surface area contributed by atoms with Gasteiger partial charge in [-0.1, -0.05) is 0 Å². The summed E-state index contributed by atoms with van der Waals surface area (Å²) in [6.07, 6.45) is 0. The van der Waals surface area contributed by atoms with E-state index in [1.165, 1.54) is 0 Å². The summed E-state index contributed by atoms with van der Waals surface area (Å²) in [5.74, 6) is 0. The van der Waals surface area contributed by atoms with Crippen molar-refractivity contribution in [3.63, 3.8) is 0 Å². The zero-order chi connectivity index (χ0) is 4.71. The maximum atomic E-state index is 9.25. The molecule has 0 spiro atoms. The van der Waals surface area contributed by atoms with Gasteiger partial charge in [0.05, 0.1) is 0 Å². The van der Waals surface area contributed by atoms with Crippen molar-refractivity contribution in [1.29, 1.82) is 0 Å². The molecule has 2 nitrogen and oxygen atoms in total. The fourth-order valence-electron chi connectivity index (χ4n) is 0. The second-order valence-electron chi connectivity index (χ2n) is 0.0630. The van der Waals surface area contributed by atoms with Crippen LogP contribution in [0.25, 0.3) is 0 Å². The van der Waals surface area contributed by atoms with Crippen LogP contribution in [-0.2, 0) is 22.5 Å². The molecule has 0 bridgehead atoms. The van der Waals surface area contributed by atoms with Gasteiger partial charge in [0.1, 0.15) is 0 Å². The minimum atomic E-state index is -1.44. The van der Waals surface area contributed by atoms with Gasteiger partial charge in [0.15, 0.2) is 0 Å². The van der Waals surface area contributed by atoms with Crippen molar-refractivity contribution in [3.05, 3.63) is 7.18 Å². The number of hydrogen-bond donors (Lipinski definition) is 0. The Labute approximate surface area is 64.8 Å². The molecule has 0 atom stereocenters. The predicted molar refractivity (Wildman–Crippen MR) is 8.95 cm³/mol. The van der Waals surface area contributed by atoms with Gasteiger partial charge in [-0.15, -0.1) is 0 Å². The van der Waals surface area contributed by atoms with Crippen molar-refractivity contribution in [1.82, 2.24) is 0 Å². The normalized spacial score (nSPS) is 3.00. The third-order valence-corrected chi connectivity index (χ3v) is 0. The quantitative estimate of drug-likeness (QED) is 0.281. The molecule has 6 heavy (non-hydrogen) atoms. The Bertz CT molecular complexity index is 38.7. The monoisotopic (exact) mass is 144 g/mol. The summed E-state index contributed by atoms with van der Waals surface area (Å²) in [7, 11) is 1.75. The third kappa shape index (κ3) is 75.2. The maximum absolute atomic E-state index is 9.25. The van der Waals surface area contributed by atoms with Crippen molar-refractivity contribution in [2.24, 2.45) is 0 Å². The van der Waals surface area contributed by atoms with Crippen LogP contribution < -0.4 is 29.6 Å². The average molecular weight is 144 g/mol. The Morgan fingerprint density at radius 2 is 1.50 bits per heavy atom. The molecule has 0 aliphatic carbocycles. The van der Waals surface area contributed by atoms with E-state index in [4.69, 9.17) is 7.67 Å². The zero-order valence-electron chi connectivity index (χ0n) is 4.28. The zero-order valence-corrected chi connectivity index (χ0v) is 6.46. The first kappa shape index (κ1) is 15.7. The molecule has 0 aliphatic heterocycles. The Kier molecular flexibility index (Phi) is 96.3. The molecule has 0 aromatic heterocycles. The predicted octanol–water partition coefficient (Wildman–Crippen LogP) is -2.38. The molecule has 35 valence electrons. The Morgan fingerprint density at radius 3 is 1.50 bits per heavy atom. The molecule has 0 N–H and O–H groups in total. The Hall–Kier alpha value is 1.05. The van der Waals surface area contributed by atoms with Gasteiger partial charge in [0.2, 0.25) is 0 Å². The van der Waals surface area contributed by atoms with Crippen LogP contribution in [0.4, 0.5) is 4.39 Å². The third-order valence-electron chi connectivity index (χ3n) is 0. The van der Waals surface area contributed by atoms with Gasteiger partial charge in [-0.2, -0.15) is 7.18 Å². The molecule has 0 aromatic rings. The molecule has 0 amide bonds. The van der Waals surface area contributed by atoms with Gasteiger partial charge in [-0.05, 0) is 0 Å². The van der Waals surface area contributed by atoms with Crippen LogP contribution in [0.2, 0.25) is 0 Å². The van der Waals surface area contributed by atoms with Crippen LogP contribution in [-0.4, -0.2) is 0 Å². The SMILES string of the molecule is [CH2-]F.[H-].[Na+].[O]=[Mn]=[O]. The van der Waals surface area contributed by atoms with Gasteiger partial charge < -0.3 is 5.82 Å². The average Bonchev–Trinajstić information content (AvgIpc) is 1.46. The summed E-state index contributed by atoms with van der Waals surface area (Å²) >= 11 is -1.44. The first-order valence-corrected chi connectivity index (χ1v) is 1.54. The molecule has 5 heteroatoms. The molecule has 0 aliphatic rings. The van der Waals surface area contributed by atoms with Crippen molar-refractivity contribution in [3.8, 4) is 0 Å². The first-order chi connectivity index (χ1) is 2.41. The molecule has 0 heterocycles. The van der Waals surface area contributed by atoms with E-state index in [9.17, 15) is 4.39 Å². The number of halogens is 1. The molecule has 0 fully saturated rings. The summed E-state index contributed by atoms with van der Waals surface area (Å²) in [6.45, 7) is 0.